The van der Waals surface area contributed by atoms with Crippen molar-refractivity contribution in [3.63, 3.8) is 0 Å². The van der Waals surface area contributed by atoms with Gasteiger partial charge in [0.15, 0.2) is 0 Å². The number of halogens is 1. The highest BCUT2D eigenvalue weighted by atomic mass is 35.5. The zero-order chi connectivity index (χ0) is 18.9. The maximum absolute atomic E-state index is 12.6. The molecule has 1 saturated carbocycles. The van der Waals surface area contributed by atoms with Gasteiger partial charge in [-0.25, -0.2) is 13.1 Å². The van der Waals surface area contributed by atoms with Crippen LogP contribution in [0.4, 0.5) is 5.69 Å². The Morgan fingerprint density at radius 3 is 2.58 bits per heavy atom. The summed E-state index contributed by atoms with van der Waals surface area (Å²) in [7, 11) is -2.25. The number of rotatable bonds is 6. The van der Waals surface area contributed by atoms with E-state index in [1.807, 2.05) is 13.0 Å². The SMILES string of the molecule is COc1ccc(C)cc1NC(=O)c1ccc(Cl)c(S(=O)(=O)NC2CC2)c1. The van der Waals surface area contributed by atoms with Gasteiger partial charge in [-0.15, -0.1) is 0 Å². The van der Waals surface area contributed by atoms with Crippen molar-refractivity contribution in [2.45, 2.75) is 30.7 Å². The summed E-state index contributed by atoms with van der Waals surface area (Å²) in [5, 5.41) is 2.82. The van der Waals surface area contributed by atoms with Crippen molar-refractivity contribution in [3.8, 4) is 5.75 Å². The van der Waals surface area contributed by atoms with Crippen molar-refractivity contribution in [1.29, 1.82) is 0 Å². The number of aryl methyl sites for hydroxylation is 1. The predicted molar refractivity (Wildman–Crippen MR) is 100 cm³/mol. The van der Waals surface area contributed by atoms with E-state index in [9.17, 15) is 13.2 Å². The van der Waals surface area contributed by atoms with E-state index >= 15 is 0 Å². The monoisotopic (exact) mass is 394 g/mol. The predicted octanol–water partition coefficient (Wildman–Crippen LogP) is 3.35. The molecule has 3 rings (SSSR count). The highest BCUT2D eigenvalue weighted by Gasteiger charge is 2.29. The van der Waals surface area contributed by atoms with Crippen LogP contribution < -0.4 is 14.8 Å². The lowest BCUT2D eigenvalue weighted by atomic mass is 10.1. The minimum Gasteiger partial charge on any atom is -0.495 e. The van der Waals surface area contributed by atoms with E-state index in [-0.39, 0.29) is 21.5 Å². The van der Waals surface area contributed by atoms with E-state index in [1.54, 1.807) is 12.1 Å². The molecule has 1 amide bonds. The fraction of sp³-hybridized carbons (Fsp3) is 0.278. The molecular weight excluding hydrogens is 376 g/mol. The number of anilines is 1. The molecule has 0 unspecified atom stereocenters. The van der Waals surface area contributed by atoms with Gasteiger partial charge in [0.05, 0.1) is 17.8 Å². The zero-order valence-electron chi connectivity index (χ0n) is 14.4. The second-order valence-corrected chi connectivity index (χ2v) is 8.29. The third kappa shape index (κ3) is 4.17. The number of benzene rings is 2. The van der Waals surface area contributed by atoms with Gasteiger partial charge in [0.2, 0.25) is 10.0 Å². The van der Waals surface area contributed by atoms with Gasteiger partial charge < -0.3 is 10.1 Å². The minimum absolute atomic E-state index is 0.0508. The number of hydrogen-bond acceptors (Lipinski definition) is 4. The molecule has 0 saturated heterocycles. The number of amides is 1. The molecule has 8 heteroatoms. The van der Waals surface area contributed by atoms with Crippen molar-refractivity contribution in [2.75, 3.05) is 12.4 Å². The first-order valence-corrected chi connectivity index (χ1v) is 9.94. The molecule has 0 radical (unpaired) electrons. The Labute approximate surface area is 157 Å². The highest BCUT2D eigenvalue weighted by Crippen LogP contribution is 2.29. The van der Waals surface area contributed by atoms with E-state index < -0.39 is 15.9 Å². The van der Waals surface area contributed by atoms with Crippen LogP contribution in [0, 0.1) is 6.92 Å². The van der Waals surface area contributed by atoms with Crippen LogP contribution in [0.25, 0.3) is 0 Å². The number of sulfonamides is 1. The summed E-state index contributed by atoms with van der Waals surface area (Å²) in [5.41, 5.74) is 1.65. The van der Waals surface area contributed by atoms with Crippen LogP contribution >= 0.6 is 11.6 Å². The number of methoxy groups -OCH3 is 1. The maximum atomic E-state index is 12.6. The van der Waals surface area contributed by atoms with Gasteiger partial charge in [-0.2, -0.15) is 0 Å². The molecule has 1 fully saturated rings. The third-order valence-electron chi connectivity index (χ3n) is 3.99. The summed E-state index contributed by atoms with van der Waals surface area (Å²) in [6.45, 7) is 1.89. The zero-order valence-corrected chi connectivity index (χ0v) is 15.9. The van der Waals surface area contributed by atoms with Crippen LogP contribution in [0.3, 0.4) is 0 Å². The van der Waals surface area contributed by atoms with Crippen LogP contribution in [-0.2, 0) is 10.0 Å². The van der Waals surface area contributed by atoms with Gasteiger partial charge in [-0.3, -0.25) is 4.79 Å². The lowest BCUT2D eigenvalue weighted by Crippen LogP contribution is -2.26. The molecule has 0 heterocycles. The van der Waals surface area contributed by atoms with Crippen LogP contribution in [0.2, 0.25) is 5.02 Å². The van der Waals surface area contributed by atoms with Gasteiger partial charge in [0, 0.05) is 11.6 Å². The summed E-state index contributed by atoms with van der Waals surface area (Å²) in [6.07, 6.45) is 1.62. The van der Waals surface area contributed by atoms with Crippen molar-refractivity contribution >= 4 is 33.2 Å². The lowest BCUT2D eigenvalue weighted by molar-refractivity contribution is 0.102. The van der Waals surface area contributed by atoms with Gasteiger partial charge in [-0.1, -0.05) is 17.7 Å². The van der Waals surface area contributed by atoms with E-state index in [1.165, 1.54) is 25.3 Å². The quantitative estimate of drug-likeness (QED) is 0.786. The van der Waals surface area contributed by atoms with Crippen LogP contribution in [0.5, 0.6) is 5.75 Å². The lowest BCUT2D eigenvalue weighted by Gasteiger charge is -2.12. The summed E-state index contributed by atoms with van der Waals surface area (Å²) in [6, 6.07) is 9.52. The van der Waals surface area contributed by atoms with Gasteiger partial charge in [-0.05, 0) is 55.7 Å². The summed E-state index contributed by atoms with van der Waals surface area (Å²) < 4.78 is 32.7. The fourth-order valence-electron chi connectivity index (χ4n) is 2.45. The molecule has 0 atom stereocenters. The Balaban J connectivity index is 1.89. The topological polar surface area (TPSA) is 84.5 Å². The van der Waals surface area contributed by atoms with Crippen molar-refractivity contribution in [2.24, 2.45) is 0 Å². The minimum atomic E-state index is -3.76. The number of carbonyl (C=O) groups is 1. The molecular formula is C18H19ClN2O4S. The first-order chi connectivity index (χ1) is 12.3. The molecule has 1 aliphatic rings. The fourth-order valence-corrected chi connectivity index (χ4v) is 4.28. The number of nitrogens with one attached hydrogen (secondary N) is 2. The average molecular weight is 395 g/mol. The molecule has 26 heavy (non-hydrogen) atoms. The standard InChI is InChI=1S/C18H19ClN2O4S/c1-11-3-8-16(25-2)15(9-11)20-18(22)12-4-7-14(19)17(10-12)26(23,24)21-13-5-6-13/h3-4,7-10,13,21H,5-6H2,1-2H3,(H,20,22). The number of carbonyl (C=O) groups excluding carboxylic acids is 1. The number of ether oxygens (including phenoxy) is 1. The summed E-state index contributed by atoms with van der Waals surface area (Å²) in [5.74, 6) is 0.0644. The smallest absolute Gasteiger partial charge is 0.255 e. The molecule has 1 aliphatic carbocycles. The van der Waals surface area contributed by atoms with E-state index in [4.69, 9.17) is 16.3 Å². The molecule has 6 nitrogen and oxygen atoms in total. The second kappa shape index (κ2) is 7.26. The average Bonchev–Trinajstić information content (AvgIpc) is 3.38. The molecule has 0 bridgehead atoms. The molecule has 0 aliphatic heterocycles. The van der Waals surface area contributed by atoms with E-state index in [0.29, 0.717) is 11.4 Å². The molecule has 2 aromatic rings. The van der Waals surface area contributed by atoms with E-state index in [2.05, 4.69) is 10.0 Å². The van der Waals surface area contributed by atoms with Gasteiger partial charge in [0.1, 0.15) is 10.6 Å². The Morgan fingerprint density at radius 1 is 1.19 bits per heavy atom. The normalized spacial score (nSPS) is 14.1. The Morgan fingerprint density at radius 2 is 1.92 bits per heavy atom. The maximum Gasteiger partial charge on any atom is 0.255 e. The Kier molecular flexibility index (Phi) is 5.22. The Hall–Kier alpha value is -2.09. The number of hydrogen-bond donors (Lipinski definition) is 2. The Bertz CT molecular complexity index is 956. The van der Waals surface area contributed by atoms with Crippen LogP contribution in [0.15, 0.2) is 41.3 Å². The molecule has 0 aromatic heterocycles. The first-order valence-electron chi connectivity index (χ1n) is 8.08. The van der Waals surface area contributed by atoms with Crippen molar-refractivity contribution in [1.82, 2.24) is 4.72 Å². The molecule has 0 spiro atoms. The van der Waals surface area contributed by atoms with Crippen molar-refractivity contribution in [3.05, 3.63) is 52.5 Å². The van der Waals surface area contributed by atoms with Crippen LogP contribution in [-0.4, -0.2) is 27.5 Å². The molecule has 138 valence electrons. The molecule has 2 aromatic carbocycles. The summed E-state index contributed by atoms with van der Waals surface area (Å²) in [4.78, 5) is 12.5. The van der Waals surface area contributed by atoms with Gasteiger partial charge >= 0.3 is 0 Å². The third-order valence-corrected chi connectivity index (χ3v) is 5.99. The largest absolute Gasteiger partial charge is 0.495 e. The highest BCUT2D eigenvalue weighted by molar-refractivity contribution is 7.89. The van der Waals surface area contributed by atoms with E-state index in [0.717, 1.165) is 18.4 Å². The molecule has 2 N–H and O–H groups in total. The first kappa shape index (κ1) is 18.7. The van der Waals surface area contributed by atoms with Gasteiger partial charge in [0.25, 0.3) is 5.91 Å². The summed E-state index contributed by atoms with van der Waals surface area (Å²) >= 11 is 6.05. The van der Waals surface area contributed by atoms with Crippen molar-refractivity contribution < 1.29 is 17.9 Å². The second-order valence-electron chi connectivity index (χ2n) is 6.20. The van der Waals surface area contributed by atoms with Crippen LogP contribution in [0.1, 0.15) is 28.8 Å².